The first-order valence-corrected chi connectivity index (χ1v) is 12.2. The summed E-state index contributed by atoms with van der Waals surface area (Å²) < 4.78 is 39.1. The second kappa shape index (κ2) is 8.64. The summed E-state index contributed by atoms with van der Waals surface area (Å²) in [6, 6.07) is 19.2. The van der Waals surface area contributed by atoms with Gasteiger partial charge in [0.1, 0.15) is 17.2 Å². The zero-order chi connectivity index (χ0) is 22.9. The smallest absolute Gasteiger partial charge is 0.306 e. The number of ether oxygens (including phenoxy) is 2. The number of thiophene rings is 1. The third kappa shape index (κ3) is 4.46. The molecule has 164 valence electrons. The highest BCUT2D eigenvalue weighted by molar-refractivity contribution is 7.86. The lowest BCUT2D eigenvalue weighted by atomic mass is 9.97. The van der Waals surface area contributed by atoms with Gasteiger partial charge in [0.15, 0.2) is 5.78 Å². The standard InChI is InChI=1S/C24H20O6S2/c1-28-17-8-6-16(7-9-17)24-22(20-13-12-19(29-2)14-21(20)31-24)23(25)15-4-10-18(11-5-15)30-32(3,26)27/h4-14H,1-3H3. The fraction of sp³-hybridized carbons (Fsp3) is 0.125. The molecular formula is C24H20O6S2. The van der Waals surface area contributed by atoms with E-state index in [1.54, 1.807) is 26.4 Å². The lowest BCUT2D eigenvalue weighted by Gasteiger charge is -2.07. The average Bonchev–Trinajstić information content (AvgIpc) is 3.16. The van der Waals surface area contributed by atoms with Crippen molar-refractivity contribution in [1.82, 2.24) is 0 Å². The van der Waals surface area contributed by atoms with Crippen LogP contribution >= 0.6 is 11.3 Å². The summed E-state index contributed by atoms with van der Waals surface area (Å²) in [7, 11) is -0.436. The molecule has 3 aromatic carbocycles. The van der Waals surface area contributed by atoms with Gasteiger partial charge in [-0.25, -0.2) is 0 Å². The highest BCUT2D eigenvalue weighted by atomic mass is 32.2. The molecule has 0 bridgehead atoms. The summed E-state index contributed by atoms with van der Waals surface area (Å²) >= 11 is 1.51. The quantitative estimate of drug-likeness (QED) is 0.276. The van der Waals surface area contributed by atoms with Crippen molar-refractivity contribution >= 4 is 37.3 Å². The first kappa shape index (κ1) is 21.9. The molecule has 0 spiro atoms. The Morgan fingerprint density at radius 3 is 2.00 bits per heavy atom. The van der Waals surface area contributed by atoms with E-state index in [9.17, 15) is 13.2 Å². The Bertz CT molecular complexity index is 1390. The molecule has 0 saturated carbocycles. The highest BCUT2D eigenvalue weighted by Crippen LogP contribution is 2.41. The lowest BCUT2D eigenvalue weighted by Crippen LogP contribution is -2.06. The maximum atomic E-state index is 13.6. The Hall–Kier alpha value is -3.36. The van der Waals surface area contributed by atoms with E-state index in [0.29, 0.717) is 16.9 Å². The van der Waals surface area contributed by atoms with E-state index in [1.807, 2.05) is 42.5 Å². The van der Waals surface area contributed by atoms with Gasteiger partial charge in [0.2, 0.25) is 0 Å². The van der Waals surface area contributed by atoms with E-state index in [2.05, 4.69) is 0 Å². The third-order valence-corrected chi connectivity index (χ3v) is 6.54. The van der Waals surface area contributed by atoms with Gasteiger partial charge in [-0.2, -0.15) is 8.42 Å². The molecule has 1 heterocycles. The molecule has 0 atom stereocenters. The highest BCUT2D eigenvalue weighted by Gasteiger charge is 2.22. The molecule has 0 radical (unpaired) electrons. The first-order chi connectivity index (χ1) is 15.3. The van der Waals surface area contributed by atoms with Crippen LogP contribution in [0.4, 0.5) is 0 Å². The minimum absolute atomic E-state index is 0.152. The second-order valence-corrected chi connectivity index (χ2v) is 9.66. The number of hydrogen-bond donors (Lipinski definition) is 0. The molecule has 0 amide bonds. The van der Waals surface area contributed by atoms with Crippen LogP contribution in [0.3, 0.4) is 0 Å². The molecule has 32 heavy (non-hydrogen) atoms. The lowest BCUT2D eigenvalue weighted by molar-refractivity contribution is 0.104. The Labute approximate surface area is 190 Å². The van der Waals surface area contributed by atoms with Crippen molar-refractivity contribution in [2.75, 3.05) is 20.5 Å². The summed E-state index contributed by atoms with van der Waals surface area (Å²) in [4.78, 5) is 14.4. The summed E-state index contributed by atoms with van der Waals surface area (Å²) in [6.45, 7) is 0. The Morgan fingerprint density at radius 1 is 0.812 bits per heavy atom. The number of rotatable bonds is 7. The molecular weight excluding hydrogens is 448 g/mol. The SMILES string of the molecule is COc1ccc(-c2sc3cc(OC)ccc3c2C(=O)c2ccc(OS(C)(=O)=O)cc2)cc1. The molecule has 6 nitrogen and oxygen atoms in total. The van der Waals surface area contributed by atoms with Gasteiger partial charge in [0.25, 0.3) is 0 Å². The van der Waals surface area contributed by atoms with E-state index >= 15 is 0 Å². The summed E-state index contributed by atoms with van der Waals surface area (Å²) in [5, 5.41) is 0.822. The Morgan fingerprint density at radius 2 is 1.41 bits per heavy atom. The fourth-order valence-corrected chi connectivity index (χ4v) is 5.05. The molecule has 0 aliphatic carbocycles. The molecule has 4 rings (SSSR count). The molecule has 0 unspecified atom stereocenters. The maximum Gasteiger partial charge on any atom is 0.306 e. The van der Waals surface area contributed by atoms with Crippen molar-refractivity contribution in [2.24, 2.45) is 0 Å². The summed E-state index contributed by atoms with van der Waals surface area (Å²) in [5.74, 6) is 1.42. The van der Waals surface area contributed by atoms with Crippen molar-refractivity contribution in [3.63, 3.8) is 0 Å². The minimum Gasteiger partial charge on any atom is -0.497 e. The summed E-state index contributed by atoms with van der Waals surface area (Å²) in [6.07, 6.45) is 0.971. The molecule has 0 saturated heterocycles. The van der Waals surface area contributed by atoms with Crippen molar-refractivity contribution in [3.8, 4) is 27.7 Å². The predicted octanol–water partition coefficient (Wildman–Crippen LogP) is 5.15. The molecule has 0 aliphatic heterocycles. The van der Waals surface area contributed by atoms with Crippen LogP contribution in [-0.4, -0.2) is 34.7 Å². The van der Waals surface area contributed by atoms with Crippen molar-refractivity contribution in [2.45, 2.75) is 0 Å². The molecule has 4 aromatic rings. The molecule has 8 heteroatoms. The van der Waals surface area contributed by atoms with Crippen LogP contribution in [0.1, 0.15) is 15.9 Å². The van der Waals surface area contributed by atoms with Crippen molar-refractivity contribution in [3.05, 3.63) is 77.9 Å². The second-order valence-electron chi connectivity index (χ2n) is 7.04. The van der Waals surface area contributed by atoms with Crippen LogP contribution in [0, 0.1) is 0 Å². The molecule has 0 aliphatic rings. The topological polar surface area (TPSA) is 78.9 Å². The van der Waals surface area contributed by atoms with E-state index in [1.165, 1.54) is 23.5 Å². The number of benzene rings is 3. The normalized spacial score (nSPS) is 11.3. The van der Waals surface area contributed by atoms with Gasteiger partial charge >= 0.3 is 10.1 Å². The van der Waals surface area contributed by atoms with Gasteiger partial charge < -0.3 is 13.7 Å². The van der Waals surface area contributed by atoms with Crippen LogP contribution in [0.5, 0.6) is 17.2 Å². The van der Waals surface area contributed by atoms with Gasteiger partial charge in [0.05, 0.1) is 20.5 Å². The van der Waals surface area contributed by atoms with Crippen molar-refractivity contribution in [1.29, 1.82) is 0 Å². The summed E-state index contributed by atoms with van der Waals surface area (Å²) in [5.41, 5.74) is 1.90. The zero-order valence-electron chi connectivity index (χ0n) is 17.6. The molecule has 0 N–H and O–H groups in total. The first-order valence-electron chi connectivity index (χ1n) is 9.58. The van der Waals surface area contributed by atoms with Gasteiger partial charge in [-0.15, -0.1) is 11.3 Å². The maximum absolute atomic E-state index is 13.6. The van der Waals surface area contributed by atoms with E-state index in [4.69, 9.17) is 13.7 Å². The third-order valence-electron chi connectivity index (χ3n) is 4.84. The Balaban J connectivity index is 1.83. The number of methoxy groups -OCH3 is 2. The van der Waals surface area contributed by atoms with Crippen LogP contribution < -0.4 is 13.7 Å². The zero-order valence-corrected chi connectivity index (χ0v) is 19.2. The average molecular weight is 469 g/mol. The predicted molar refractivity (Wildman–Crippen MR) is 126 cm³/mol. The van der Waals surface area contributed by atoms with E-state index in [-0.39, 0.29) is 11.5 Å². The van der Waals surface area contributed by atoms with E-state index < -0.39 is 10.1 Å². The van der Waals surface area contributed by atoms with Crippen molar-refractivity contribution < 1.29 is 26.9 Å². The number of hydrogen-bond acceptors (Lipinski definition) is 7. The van der Waals surface area contributed by atoms with Gasteiger partial charge in [-0.3, -0.25) is 4.79 Å². The van der Waals surface area contributed by atoms with Crippen LogP contribution in [0.2, 0.25) is 0 Å². The number of carbonyl (C=O) groups is 1. The monoisotopic (exact) mass is 468 g/mol. The van der Waals surface area contributed by atoms with Crippen LogP contribution in [0.15, 0.2) is 66.7 Å². The molecule has 1 aromatic heterocycles. The van der Waals surface area contributed by atoms with E-state index in [0.717, 1.165) is 32.5 Å². The van der Waals surface area contributed by atoms with Gasteiger partial charge in [0, 0.05) is 26.1 Å². The fourth-order valence-electron chi connectivity index (χ4n) is 3.36. The Kier molecular flexibility index (Phi) is 5.90. The van der Waals surface area contributed by atoms with Gasteiger partial charge in [-0.05, 0) is 72.3 Å². The number of ketones is 1. The minimum atomic E-state index is -3.64. The van der Waals surface area contributed by atoms with Crippen LogP contribution in [-0.2, 0) is 10.1 Å². The largest absolute Gasteiger partial charge is 0.497 e. The number of fused-ring (bicyclic) bond motifs is 1. The molecule has 0 fully saturated rings. The number of carbonyl (C=O) groups excluding carboxylic acids is 1. The van der Waals surface area contributed by atoms with Crippen LogP contribution in [0.25, 0.3) is 20.5 Å². The van der Waals surface area contributed by atoms with Gasteiger partial charge in [-0.1, -0.05) is 0 Å².